The van der Waals surface area contributed by atoms with Crippen LogP contribution in [0.4, 0.5) is 0 Å². The molecule has 0 amide bonds. The predicted molar refractivity (Wildman–Crippen MR) is 71.8 cm³/mol. The Labute approximate surface area is 99.6 Å². The van der Waals surface area contributed by atoms with Gasteiger partial charge in [-0.3, -0.25) is 0 Å². The number of aryl methyl sites for hydroxylation is 2. The molecule has 1 aromatic rings. The molecule has 1 aromatic carbocycles. The molecule has 0 saturated carbocycles. The zero-order valence-electron chi connectivity index (χ0n) is 10.7. The van der Waals surface area contributed by atoms with Gasteiger partial charge in [0.25, 0.3) is 0 Å². The van der Waals surface area contributed by atoms with Gasteiger partial charge in [0.05, 0.1) is 0 Å². The Balaban J connectivity index is 2.86. The third-order valence-corrected chi connectivity index (χ3v) is 2.91. The summed E-state index contributed by atoms with van der Waals surface area (Å²) in [5.74, 6) is 0. The minimum atomic E-state index is 0.462. The fraction of sp³-hybridized carbons (Fsp3) is 0.467. The number of nitrogens with one attached hydrogen (secondary N) is 1. The van der Waals surface area contributed by atoms with Gasteiger partial charge >= 0.3 is 0 Å². The van der Waals surface area contributed by atoms with E-state index in [2.05, 4.69) is 50.9 Å². The lowest BCUT2D eigenvalue weighted by atomic mass is 9.96. The Morgan fingerprint density at radius 2 is 2.12 bits per heavy atom. The van der Waals surface area contributed by atoms with Gasteiger partial charge in [0.1, 0.15) is 0 Å². The van der Waals surface area contributed by atoms with Crippen molar-refractivity contribution in [2.75, 3.05) is 6.54 Å². The van der Waals surface area contributed by atoms with Crippen LogP contribution < -0.4 is 5.32 Å². The summed E-state index contributed by atoms with van der Waals surface area (Å²) in [5.41, 5.74) is 4.14. The van der Waals surface area contributed by atoms with E-state index in [9.17, 15) is 0 Å². The number of benzene rings is 1. The molecule has 0 fully saturated rings. The summed E-state index contributed by atoms with van der Waals surface area (Å²) in [5, 5.41) is 3.55. The van der Waals surface area contributed by atoms with Gasteiger partial charge < -0.3 is 5.32 Å². The lowest BCUT2D eigenvalue weighted by molar-refractivity contribution is 0.517. The maximum Gasteiger partial charge on any atom is 0.0325 e. The SMILES string of the molecule is C=CCCC(NCC)c1ccc(C)cc1C. The Morgan fingerprint density at radius 1 is 1.38 bits per heavy atom. The molecule has 1 N–H and O–H groups in total. The molecule has 0 aliphatic heterocycles. The maximum atomic E-state index is 3.80. The molecule has 1 atom stereocenters. The van der Waals surface area contributed by atoms with Crippen LogP contribution in [0, 0.1) is 13.8 Å². The molecule has 0 bridgehead atoms. The molecule has 1 rings (SSSR count). The van der Waals surface area contributed by atoms with Gasteiger partial charge in [-0.2, -0.15) is 0 Å². The Kier molecular flexibility index (Phi) is 5.27. The molecule has 1 heteroatoms. The Morgan fingerprint density at radius 3 is 2.69 bits per heavy atom. The van der Waals surface area contributed by atoms with Crippen LogP contribution in [0.15, 0.2) is 30.9 Å². The van der Waals surface area contributed by atoms with Gasteiger partial charge in [-0.15, -0.1) is 6.58 Å². The highest BCUT2D eigenvalue weighted by molar-refractivity contribution is 5.32. The van der Waals surface area contributed by atoms with Crippen molar-refractivity contribution < 1.29 is 0 Å². The van der Waals surface area contributed by atoms with Crippen molar-refractivity contribution in [3.63, 3.8) is 0 Å². The molecule has 16 heavy (non-hydrogen) atoms. The van der Waals surface area contributed by atoms with Crippen LogP contribution >= 0.6 is 0 Å². The van der Waals surface area contributed by atoms with Gasteiger partial charge in [0.15, 0.2) is 0 Å². The normalized spacial score (nSPS) is 12.4. The van der Waals surface area contributed by atoms with E-state index < -0.39 is 0 Å². The van der Waals surface area contributed by atoms with Gasteiger partial charge in [-0.05, 0) is 44.4 Å². The first-order chi connectivity index (χ1) is 7.69. The topological polar surface area (TPSA) is 12.0 Å². The maximum absolute atomic E-state index is 3.80. The second kappa shape index (κ2) is 6.49. The summed E-state index contributed by atoms with van der Waals surface area (Å²) in [7, 11) is 0. The molecule has 0 spiro atoms. The quantitative estimate of drug-likeness (QED) is 0.712. The molecule has 0 aliphatic rings. The predicted octanol–water partition coefficient (Wildman–Crippen LogP) is 3.92. The van der Waals surface area contributed by atoms with Gasteiger partial charge in [-0.1, -0.05) is 36.8 Å². The van der Waals surface area contributed by atoms with Crippen molar-refractivity contribution in [2.24, 2.45) is 0 Å². The van der Waals surface area contributed by atoms with Crippen LogP contribution in [0.5, 0.6) is 0 Å². The molecular formula is C15H23N. The van der Waals surface area contributed by atoms with E-state index in [-0.39, 0.29) is 0 Å². The number of hydrogen-bond donors (Lipinski definition) is 1. The van der Waals surface area contributed by atoms with Crippen LogP contribution in [0.2, 0.25) is 0 Å². The Hall–Kier alpha value is -1.08. The monoisotopic (exact) mass is 217 g/mol. The summed E-state index contributed by atoms with van der Waals surface area (Å²) in [6.07, 6.45) is 4.18. The summed E-state index contributed by atoms with van der Waals surface area (Å²) in [6.45, 7) is 11.3. The molecular weight excluding hydrogens is 194 g/mol. The van der Waals surface area contributed by atoms with Crippen molar-refractivity contribution in [2.45, 2.75) is 39.7 Å². The third-order valence-electron chi connectivity index (χ3n) is 2.91. The summed E-state index contributed by atoms with van der Waals surface area (Å²) in [4.78, 5) is 0. The number of allylic oxidation sites excluding steroid dienone is 1. The summed E-state index contributed by atoms with van der Waals surface area (Å²) in [6, 6.07) is 7.17. The molecule has 0 aliphatic carbocycles. The molecule has 88 valence electrons. The van der Waals surface area contributed by atoms with Crippen molar-refractivity contribution in [1.82, 2.24) is 5.32 Å². The first-order valence-electron chi connectivity index (χ1n) is 6.10. The van der Waals surface area contributed by atoms with E-state index in [4.69, 9.17) is 0 Å². The molecule has 0 heterocycles. The second-order valence-electron chi connectivity index (χ2n) is 4.34. The van der Waals surface area contributed by atoms with E-state index in [1.807, 2.05) is 6.08 Å². The van der Waals surface area contributed by atoms with E-state index >= 15 is 0 Å². The van der Waals surface area contributed by atoms with Crippen LogP contribution in [-0.2, 0) is 0 Å². The van der Waals surface area contributed by atoms with Gasteiger partial charge in [0.2, 0.25) is 0 Å². The van der Waals surface area contributed by atoms with Crippen molar-refractivity contribution >= 4 is 0 Å². The van der Waals surface area contributed by atoms with Crippen molar-refractivity contribution in [3.8, 4) is 0 Å². The van der Waals surface area contributed by atoms with Crippen molar-refractivity contribution in [3.05, 3.63) is 47.5 Å². The van der Waals surface area contributed by atoms with Gasteiger partial charge in [-0.25, -0.2) is 0 Å². The lowest BCUT2D eigenvalue weighted by Gasteiger charge is -2.20. The lowest BCUT2D eigenvalue weighted by Crippen LogP contribution is -2.21. The minimum absolute atomic E-state index is 0.462. The first kappa shape index (κ1) is 13.0. The van der Waals surface area contributed by atoms with Crippen LogP contribution in [0.25, 0.3) is 0 Å². The van der Waals surface area contributed by atoms with Crippen molar-refractivity contribution in [1.29, 1.82) is 0 Å². The Bertz CT molecular complexity index is 341. The van der Waals surface area contributed by atoms with Crippen LogP contribution in [-0.4, -0.2) is 6.54 Å². The van der Waals surface area contributed by atoms with E-state index in [0.29, 0.717) is 6.04 Å². The number of rotatable bonds is 6. The smallest absolute Gasteiger partial charge is 0.0325 e. The molecule has 0 saturated heterocycles. The molecule has 1 nitrogen and oxygen atoms in total. The highest BCUT2D eigenvalue weighted by Gasteiger charge is 2.11. The third kappa shape index (κ3) is 3.49. The summed E-state index contributed by atoms with van der Waals surface area (Å²) >= 11 is 0. The minimum Gasteiger partial charge on any atom is -0.310 e. The average molecular weight is 217 g/mol. The van der Waals surface area contributed by atoms with E-state index in [0.717, 1.165) is 19.4 Å². The number of hydrogen-bond acceptors (Lipinski definition) is 1. The molecule has 0 radical (unpaired) electrons. The fourth-order valence-corrected chi connectivity index (χ4v) is 2.12. The average Bonchev–Trinajstić information content (AvgIpc) is 2.25. The molecule has 1 unspecified atom stereocenters. The zero-order chi connectivity index (χ0) is 12.0. The van der Waals surface area contributed by atoms with E-state index in [1.165, 1.54) is 16.7 Å². The van der Waals surface area contributed by atoms with E-state index in [1.54, 1.807) is 0 Å². The fourth-order valence-electron chi connectivity index (χ4n) is 2.12. The van der Waals surface area contributed by atoms with Gasteiger partial charge in [0, 0.05) is 6.04 Å². The largest absolute Gasteiger partial charge is 0.310 e. The summed E-state index contributed by atoms with van der Waals surface area (Å²) < 4.78 is 0. The van der Waals surface area contributed by atoms with Crippen LogP contribution in [0.1, 0.15) is 42.5 Å². The first-order valence-corrected chi connectivity index (χ1v) is 6.10. The standard InChI is InChI=1S/C15H23N/c1-5-7-8-15(16-6-2)14-10-9-12(3)11-13(14)4/h5,9-11,15-16H,1,6-8H2,2-4H3. The zero-order valence-corrected chi connectivity index (χ0v) is 10.7. The highest BCUT2D eigenvalue weighted by Crippen LogP contribution is 2.23. The van der Waals surface area contributed by atoms with Crippen LogP contribution in [0.3, 0.4) is 0 Å². The second-order valence-corrected chi connectivity index (χ2v) is 4.34. The molecule has 0 aromatic heterocycles. The highest BCUT2D eigenvalue weighted by atomic mass is 14.9.